The molecule has 26 heavy (non-hydrogen) atoms. The van der Waals surface area contributed by atoms with Crippen LogP contribution in [0.4, 0.5) is 10.8 Å². The maximum atomic E-state index is 12.1. The van der Waals surface area contributed by atoms with Crippen molar-refractivity contribution in [2.75, 3.05) is 12.1 Å². The Morgan fingerprint density at radius 3 is 2.92 bits per heavy atom. The fraction of sp³-hybridized carbons (Fsp3) is 0.0588. The van der Waals surface area contributed by atoms with Crippen LogP contribution < -0.4 is 14.8 Å². The summed E-state index contributed by atoms with van der Waals surface area (Å²) >= 11 is 1.18. The lowest BCUT2D eigenvalue weighted by Gasteiger charge is -1.98. The van der Waals surface area contributed by atoms with Crippen LogP contribution in [-0.4, -0.2) is 22.6 Å². The van der Waals surface area contributed by atoms with E-state index in [1.807, 2.05) is 6.07 Å². The van der Waals surface area contributed by atoms with Crippen molar-refractivity contribution in [1.29, 1.82) is 0 Å². The van der Waals surface area contributed by atoms with Gasteiger partial charge in [-0.15, -0.1) is 0 Å². The Labute approximate surface area is 150 Å². The molecule has 0 unspecified atom stereocenters. The van der Waals surface area contributed by atoms with Gasteiger partial charge < -0.3 is 9.47 Å². The molecular weight excluding hydrogens is 358 g/mol. The van der Waals surface area contributed by atoms with Gasteiger partial charge in [-0.3, -0.25) is 20.2 Å². The average Bonchev–Trinajstić information content (AvgIpc) is 3.24. The summed E-state index contributed by atoms with van der Waals surface area (Å²) in [6, 6.07) is 9.75. The van der Waals surface area contributed by atoms with E-state index in [4.69, 9.17) is 9.47 Å². The Balaban J connectivity index is 1.47. The van der Waals surface area contributed by atoms with Gasteiger partial charge in [-0.2, -0.15) is 0 Å². The number of nitro benzene ring substituents is 1. The van der Waals surface area contributed by atoms with E-state index in [1.165, 1.54) is 29.5 Å². The molecule has 0 saturated carbocycles. The number of hydrogen-bond donors (Lipinski definition) is 1. The molecule has 1 aliphatic rings. The Morgan fingerprint density at radius 2 is 2.08 bits per heavy atom. The number of nitrogens with zero attached hydrogens (tertiary/aromatic N) is 2. The largest absolute Gasteiger partial charge is 0.454 e. The number of hydrogen-bond acceptors (Lipinski definition) is 7. The summed E-state index contributed by atoms with van der Waals surface area (Å²) in [4.78, 5) is 26.7. The first-order chi connectivity index (χ1) is 12.6. The predicted octanol–water partition coefficient (Wildman–Crippen LogP) is 3.59. The maximum Gasteiger partial charge on any atom is 0.270 e. The summed E-state index contributed by atoms with van der Waals surface area (Å²) < 4.78 is 11.2. The van der Waals surface area contributed by atoms with Gasteiger partial charge in [0.2, 0.25) is 12.7 Å². The molecule has 0 fully saturated rings. The second kappa shape index (κ2) is 6.45. The third-order valence-electron chi connectivity index (χ3n) is 3.64. The van der Waals surface area contributed by atoms with Crippen LogP contribution in [0.25, 0.3) is 16.3 Å². The number of non-ortho nitro benzene ring substituents is 1. The number of rotatable bonds is 4. The van der Waals surface area contributed by atoms with Gasteiger partial charge in [0.25, 0.3) is 5.69 Å². The monoisotopic (exact) mass is 369 g/mol. The van der Waals surface area contributed by atoms with E-state index >= 15 is 0 Å². The maximum absolute atomic E-state index is 12.1. The number of nitrogens with one attached hydrogen (secondary N) is 1. The normalized spacial score (nSPS) is 12.6. The number of amides is 1. The van der Waals surface area contributed by atoms with Gasteiger partial charge in [-0.1, -0.05) is 17.4 Å². The molecule has 1 N–H and O–H groups in total. The molecule has 9 heteroatoms. The summed E-state index contributed by atoms with van der Waals surface area (Å²) in [5.41, 5.74) is 1.38. The first-order valence-corrected chi connectivity index (χ1v) is 8.34. The minimum atomic E-state index is -0.467. The lowest BCUT2D eigenvalue weighted by Crippen LogP contribution is -2.07. The second-order valence-electron chi connectivity index (χ2n) is 5.36. The Kier molecular flexibility index (Phi) is 3.98. The summed E-state index contributed by atoms with van der Waals surface area (Å²) in [6.45, 7) is 0.193. The molecule has 130 valence electrons. The van der Waals surface area contributed by atoms with E-state index in [2.05, 4.69) is 10.3 Å². The van der Waals surface area contributed by atoms with E-state index in [0.717, 1.165) is 5.56 Å². The third kappa shape index (κ3) is 3.20. The first-order valence-electron chi connectivity index (χ1n) is 7.52. The molecule has 0 aliphatic carbocycles. The van der Waals surface area contributed by atoms with E-state index in [9.17, 15) is 14.9 Å². The smallest absolute Gasteiger partial charge is 0.270 e. The fourth-order valence-corrected chi connectivity index (χ4v) is 3.32. The molecule has 0 spiro atoms. The molecular formula is C17H11N3O5S. The van der Waals surface area contributed by atoms with Crippen molar-refractivity contribution in [3.63, 3.8) is 0 Å². The molecule has 3 aromatic rings. The quantitative estimate of drug-likeness (QED) is 0.428. The zero-order valence-corrected chi connectivity index (χ0v) is 14.0. The number of thiazole rings is 1. The molecule has 2 aromatic carbocycles. The van der Waals surface area contributed by atoms with Gasteiger partial charge >= 0.3 is 0 Å². The van der Waals surface area contributed by atoms with Crippen LogP contribution in [0, 0.1) is 10.1 Å². The number of ether oxygens (including phenoxy) is 2. The van der Waals surface area contributed by atoms with Gasteiger partial charge in [0, 0.05) is 18.2 Å². The number of carbonyl (C=O) groups excluding carboxylic acids is 1. The summed E-state index contributed by atoms with van der Waals surface area (Å²) in [5.74, 6) is 0.965. The van der Waals surface area contributed by atoms with Crippen molar-refractivity contribution in [2.45, 2.75) is 0 Å². The van der Waals surface area contributed by atoms with Crippen molar-refractivity contribution >= 4 is 44.4 Å². The van der Waals surface area contributed by atoms with Crippen molar-refractivity contribution in [1.82, 2.24) is 4.98 Å². The molecule has 1 aromatic heterocycles. The lowest BCUT2D eigenvalue weighted by molar-refractivity contribution is -0.384. The number of aromatic nitrogens is 1. The number of benzene rings is 2. The van der Waals surface area contributed by atoms with Crippen LogP contribution in [0.2, 0.25) is 0 Å². The molecule has 8 nitrogen and oxygen atoms in total. The summed E-state index contributed by atoms with van der Waals surface area (Å²) in [7, 11) is 0. The van der Waals surface area contributed by atoms with Gasteiger partial charge in [0.1, 0.15) is 0 Å². The second-order valence-corrected chi connectivity index (χ2v) is 6.39. The highest BCUT2D eigenvalue weighted by molar-refractivity contribution is 7.22. The number of fused-ring (bicyclic) bond motifs is 2. The molecule has 2 heterocycles. The number of carbonyl (C=O) groups is 1. The van der Waals surface area contributed by atoms with Crippen LogP contribution in [0.1, 0.15) is 5.56 Å². The molecule has 0 saturated heterocycles. The Morgan fingerprint density at radius 1 is 1.23 bits per heavy atom. The zero-order chi connectivity index (χ0) is 18.1. The Hall–Kier alpha value is -3.46. The van der Waals surface area contributed by atoms with Crippen LogP contribution >= 0.6 is 11.3 Å². The van der Waals surface area contributed by atoms with Gasteiger partial charge in [0.15, 0.2) is 16.6 Å². The van der Waals surface area contributed by atoms with E-state index in [0.29, 0.717) is 26.8 Å². The van der Waals surface area contributed by atoms with Gasteiger partial charge in [0.05, 0.1) is 15.1 Å². The molecule has 0 bridgehead atoms. The zero-order valence-electron chi connectivity index (χ0n) is 13.2. The van der Waals surface area contributed by atoms with E-state index in [1.54, 1.807) is 24.3 Å². The number of anilines is 1. The van der Waals surface area contributed by atoms with Gasteiger partial charge in [-0.05, 0) is 29.8 Å². The van der Waals surface area contributed by atoms with Gasteiger partial charge in [-0.25, -0.2) is 4.98 Å². The van der Waals surface area contributed by atoms with Crippen molar-refractivity contribution < 1.29 is 19.2 Å². The molecule has 4 rings (SSSR count). The topological polar surface area (TPSA) is 104 Å². The van der Waals surface area contributed by atoms with Crippen molar-refractivity contribution in [3.05, 3.63) is 58.2 Å². The minimum Gasteiger partial charge on any atom is -0.454 e. The third-order valence-corrected chi connectivity index (χ3v) is 4.57. The van der Waals surface area contributed by atoms with Crippen LogP contribution in [0.3, 0.4) is 0 Å². The molecule has 1 amide bonds. The highest BCUT2D eigenvalue weighted by Crippen LogP contribution is 2.33. The van der Waals surface area contributed by atoms with Crippen LogP contribution in [0.15, 0.2) is 42.5 Å². The molecule has 1 aliphatic heterocycles. The van der Waals surface area contributed by atoms with Crippen LogP contribution in [0.5, 0.6) is 11.5 Å². The standard InChI is InChI=1S/C17H11N3O5S/c21-16(6-2-10-1-5-13-14(7-10)25-9-24-13)19-17-18-12-4-3-11(20(22)23)8-15(12)26-17/h1-8H,9H2,(H,18,19,21)/b6-2+. The van der Waals surface area contributed by atoms with Crippen molar-refractivity contribution in [2.24, 2.45) is 0 Å². The number of nitro groups is 1. The summed E-state index contributed by atoms with van der Waals surface area (Å²) in [5, 5.41) is 13.8. The highest BCUT2D eigenvalue weighted by Gasteiger charge is 2.13. The van der Waals surface area contributed by atoms with Crippen molar-refractivity contribution in [3.8, 4) is 11.5 Å². The van der Waals surface area contributed by atoms with Crippen LogP contribution in [-0.2, 0) is 4.79 Å². The first kappa shape index (κ1) is 16.0. The molecule has 0 atom stereocenters. The highest BCUT2D eigenvalue weighted by atomic mass is 32.1. The van der Waals surface area contributed by atoms with E-state index in [-0.39, 0.29) is 18.4 Å². The molecule has 0 radical (unpaired) electrons. The minimum absolute atomic E-state index is 0.0123. The predicted molar refractivity (Wildman–Crippen MR) is 96.5 cm³/mol. The SMILES string of the molecule is O=C(/C=C/c1ccc2c(c1)OCO2)Nc1nc2ccc([N+](=O)[O-])cc2s1. The fourth-order valence-electron chi connectivity index (χ4n) is 2.42. The summed E-state index contributed by atoms with van der Waals surface area (Å²) in [6.07, 6.45) is 3.03. The van der Waals surface area contributed by atoms with E-state index < -0.39 is 4.92 Å². The lowest BCUT2D eigenvalue weighted by atomic mass is 10.2. The average molecular weight is 369 g/mol. The Bertz CT molecular complexity index is 1060.